The zero-order chi connectivity index (χ0) is 20.9. The van der Waals surface area contributed by atoms with Crippen LogP contribution in [0.15, 0.2) is 36.4 Å². The van der Waals surface area contributed by atoms with Gasteiger partial charge in [0.25, 0.3) is 0 Å². The number of aromatic amines is 1. The third-order valence-corrected chi connectivity index (χ3v) is 5.77. The summed E-state index contributed by atoms with van der Waals surface area (Å²) in [7, 11) is 0. The van der Waals surface area contributed by atoms with E-state index in [1.165, 1.54) is 0 Å². The number of aliphatic hydroxyl groups excluding tert-OH is 3. The number of H-pyrrole nitrogens is 1. The highest BCUT2D eigenvalue weighted by atomic mass is 16.5. The first-order valence-corrected chi connectivity index (χ1v) is 9.66. The lowest BCUT2D eigenvalue weighted by Gasteiger charge is -2.32. The molecule has 0 bridgehead atoms. The van der Waals surface area contributed by atoms with E-state index in [2.05, 4.69) is 18.8 Å². The molecule has 0 spiro atoms. The maximum atomic E-state index is 13.3. The van der Waals surface area contributed by atoms with Crippen LogP contribution in [0.2, 0.25) is 0 Å². The van der Waals surface area contributed by atoms with Crippen molar-refractivity contribution in [2.24, 2.45) is 0 Å². The SMILES string of the molecule is Cc1ccc2c3c([nH]c2c1)C(C)(C)c1cc(OCC(O)C(O)CO)ccc1C3=O. The number of carbonyl (C=O) groups excluding carboxylic acids is 1. The van der Waals surface area contributed by atoms with E-state index in [1.807, 2.05) is 31.2 Å². The molecule has 0 saturated heterocycles. The van der Waals surface area contributed by atoms with Crippen LogP contribution in [0.4, 0.5) is 0 Å². The maximum Gasteiger partial charge on any atom is 0.195 e. The third-order valence-electron chi connectivity index (χ3n) is 5.77. The van der Waals surface area contributed by atoms with Crippen LogP contribution in [0.1, 0.15) is 46.6 Å². The second-order valence-electron chi connectivity index (χ2n) is 8.21. The lowest BCUT2D eigenvalue weighted by atomic mass is 9.71. The Morgan fingerprint density at radius 1 is 1.10 bits per heavy atom. The van der Waals surface area contributed by atoms with E-state index in [0.29, 0.717) is 16.9 Å². The van der Waals surface area contributed by atoms with Gasteiger partial charge in [0.1, 0.15) is 24.6 Å². The van der Waals surface area contributed by atoms with Gasteiger partial charge in [-0.1, -0.05) is 26.0 Å². The Bertz CT molecular complexity index is 1100. The van der Waals surface area contributed by atoms with Gasteiger partial charge in [-0.2, -0.15) is 0 Å². The summed E-state index contributed by atoms with van der Waals surface area (Å²) in [6.45, 7) is 5.44. The number of hydrogen-bond acceptors (Lipinski definition) is 5. The van der Waals surface area contributed by atoms with Gasteiger partial charge in [-0.05, 0) is 42.3 Å². The molecule has 152 valence electrons. The number of aryl methyl sites for hydroxylation is 1. The van der Waals surface area contributed by atoms with Crippen LogP contribution >= 0.6 is 0 Å². The fraction of sp³-hybridized carbons (Fsp3) is 0.348. The average molecular weight is 395 g/mol. The molecule has 2 aromatic carbocycles. The number of aromatic nitrogens is 1. The summed E-state index contributed by atoms with van der Waals surface area (Å²) in [5.74, 6) is 0.468. The van der Waals surface area contributed by atoms with Gasteiger partial charge >= 0.3 is 0 Å². The number of aliphatic hydroxyl groups is 3. The van der Waals surface area contributed by atoms with Gasteiger partial charge in [0.15, 0.2) is 5.78 Å². The molecule has 0 fully saturated rings. The van der Waals surface area contributed by atoms with Crippen LogP contribution in [-0.4, -0.2) is 51.5 Å². The van der Waals surface area contributed by atoms with Crippen LogP contribution in [0.5, 0.6) is 5.75 Å². The van der Waals surface area contributed by atoms with Gasteiger partial charge in [-0.3, -0.25) is 4.79 Å². The number of fused-ring (bicyclic) bond motifs is 4. The van der Waals surface area contributed by atoms with Crippen molar-refractivity contribution in [1.29, 1.82) is 0 Å². The number of ketones is 1. The Hall–Kier alpha value is -2.67. The molecule has 2 unspecified atom stereocenters. The van der Waals surface area contributed by atoms with Gasteiger partial charge in [-0.25, -0.2) is 0 Å². The molecule has 0 radical (unpaired) electrons. The Morgan fingerprint density at radius 3 is 2.59 bits per heavy atom. The van der Waals surface area contributed by atoms with Crippen molar-refractivity contribution >= 4 is 16.7 Å². The number of benzene rings is 2. The summed E-state index contributed by atoms with van der Waals surface area (Å²) in [4.78, 5) is 16.7. The quantitative estimate of drug-likeness (QED) is 0.531. The molecule has 4 rings (SSSR count). The zero-order valence-electron chi connectivity index (χ0n) is 16.7. The molecule has 1 aliphatic rings. The molecule has 4 N–H and O–H groups in total. The van der Waals surface area contributed by atoms with Crippen LogP contribution in [0.25, 0.3) is 10.9 Å². The number of nitrogens with one attached hydrogen (secondary N) is 1. The van der Waals surface area contributed by atoms with Crippen molar-refractivity contribution in [3.05, 3.63) is 64.3 Å². The normalized spacial score (nSPS) is 17.0. The Morgan fingerprint density at radius 2 is 1.86 bits per heavy atom. The monoisotopic (exact) mass is 395 g/mol. The van der Waals surface area contributed by atoms with Crippen LogP contribution in [-0.2, 0) is 5.41 Å². The van der Waals surface area contributed by atoms with Gasteiger partial charge in [0, 0.05) is 27.6 Å². The van der Waals surface area contributed by atoms with Gasteiger partial charge in [0.05, 0.1) is 12.2 Å². The fourth-order valence-electron chi connectivity index (χ4n) is 4.03. The van der Waals surface area contributed by atoms with Crippen molar-refractivity contribution in [3.8, 4) is 5.75 Å². The lowest BCUT2D eigenvalue weighted by Crippen LogP contribution is -2.34. The fourth-order valence-corrected chi connectivity index (χ4v) is 4.03. The maximum absolute atomic E-state index is 13.3. The third kappa shape index (κ3) is 3.13. The van der Waals surface area contributed by atoms with Crippen molar-refractivity contribution in [2.75, 3.05) is 13.2 Å². The Balaban J connectivity index is 1.74. The van der Waals surface area contributed by atoms with Crippen LogP contribution in [0, 0.1) is 6.92 Å². The summed E-state index contributed by atoms with van der Waals surface area (Å²) in [6, 6.07) is 11.3. The van der Waals surface area contributed by atoms with Crippen LogP contribution < -0.4 is 4.74 Å². The molecule has 1 heterocycles. The molecule has 3 aromatic rings. The molecule has 29 heavy (non-hydrogen) atoms. The van der Waals surface area contributed by atoms with E-state index >= 15 is 0 Å². The zero-order valence-corrected chi connectivity index (χ0v) is 16.7. The minimum atomic E-state index is -1.26. The van der Waals surface area contributed by atoms with Crippen LogP contribution in [0.3, 0.4) is 0 Å². The highest BCUT2D eigenvalue weighted by Gasteiger charge is 2.39. The van der Waals surface area contributed by atoms with Gasteiger partial charge in [0.2, 0.25) is 0 Å². The van der Waals surface area contributed by atoms with Crippen molar-refractivity contribution < 1.29 is 24.9 Å². The largest absolute Gasteiger partial charge is 0.491 e. The average Bonchev–Trinajstić information content (AvgIpc) is 3.09. The lowest BCUT2D eigenvalue weighted by molar-refractivity contribution is -0.0339. The molecule has 0 amide bonds. The molecule has 1 aromatic heterocycles. The van der Waals surface area contributed by atoms with Gasteiger partial charge < -0.3 is 25.0 Å². The van der Waals surface area contributed by atoms with Gasteiger partial charge in [-0.15, -0.1) is 0 Å². The summed E-state index contributed by atoms with van der Waals surface area (Å²) in [6.07, 6.45) is -2.46. The standard InChI is InChI=1S/C23H25NO5/c1-12-4-6-15-17(8-12)24-22-20(15)21(28)14-7-5-13(9-16(14)23(22,2)3)29-11-19(27)18(26)10-25/h4-9,18-19,24-27H,10-11H2,1-3H3. The number of carbonyl (C=O) groups is 1. The Kier molecular flexibility index (Phi) is 4.73. The van der Waals surface area contributed by atoms with Crippen molar-refractivity contribution in [2.45, 2.75) is 38.4 Å². The molecular formula is C23H25NO5. The smallest absolute Gasteiger partial charge is 0.195 e. The first-order valence-electron chi connectivity index (χ1n) is 9.66. The minimum absolute atomic E-state index is 0.0216. The number of rotatable bonds is 5. The molecular weight excluding hydrogens is 370 g/mol. The Labute approximate surface area is 168 Å². The summed E-state index contributed by atoms with van der Waals surface area (Å²) in [5.41, 5.74) is 4.69. The molecule has 6 heteroatoms. The predicted octanol–water partition coefficient (Wildman–Crippen LogP) is 2.44. The molecule has 2 atom stereocenters. The van der Waals surface area contributed by atoms with E-state index in [0.717, 1.165) is 27.7 Å². The van der Waals surface area contributed by atoms with E-state index in [1.54, 1.807) is 12.1 Å². The molecule has 6 nitrogen and oxygen atoms in total. The highest BCUT2D eigenvalue weighted by Crippen LogP contribution is 2.44. The number of ether oxygens (including phenoxy) is 1. The molecule has 0 saturated carbocycles. The van der Waals surface area contributed by atoms with E-state index in [-0.39, 0.29) is 12.4 Å². The van der Waals surface area contributed by atoms with Crippen molar-refractivity contribution in [3.63, 3.8) is 0 Å². The first-order chi connectivity index (χ1) is 13.7. The number of hydrogen-bond donors (Lipinski definition) is 4. The van der Waals surface area contributed by atoms with E-state index < -0.39 is 24.2 Å². The second kappa shape index (κ2) is 6.99. The van der Waals surface area contributed by atoms with E-state index in [9.17, 15) is 15.0 Å². The first kappa shape index (κ1) is 19.6. The highest BCUT2D eigenvalue weighted by molar-refractivity contribution is 6.20. The molecule has 1 aliphatic carbocycles. The topological polar surface area (TPSA) is 103 Å². The summed E-state index contributed by atoms with van der Waals surface area (Å²) < 4.78 is 5.61. The summed E-state index contributed by atoms with van der Waals surface area (Å²) >= 11 is 0. The summed E-state index contributed by atoms with van der Waals surface area (Å²) in [5, 5.41) is 29.1. The predicted molar refractivity (Wildman–Crippen MR) is 110 cm³/mol. The molecule has 0 aliphatic heterocycles. The minimum Gasteiger partial charge on any atom is -0.491 e. The van der Waals surface area contributed by atoms with Crippen molar-refractivity contribution in [1.82, 2.24) is 4.98 Å². The second-order valence-corrected chi connectivity index (χ2v) is 8.21. The van der Waals surface area contributed by atoms with E-state index in [4.69, 9.17) is 9.84 Å².